The first-order valence-electron chi connectivity index (χ1n) is 9.38. The number of carboxylic acid groups (broad SMARTS) is 1. The zero-order valence-corrected chi connectivity index (χ0v) is 21.6. The molecule has 1 aliphatic heterocycles. The van der Waals surface area contributed by atoms with Crippen LogP contribution < -0.4 is 4.90 Å². The van der Waals surface area contributed by atoms with Gasteiger partial charge in [-0.25, -0.2) is 0 Å². The first-order chi connectivity index (χ1) is 14.0. The Balaban J connectivity index is 0.000000249. The Morgan fingerprint density at radius 2 is 1.83 bits per heavy atom. The Bertz CT molecular complexity index is 862. The van der Waals surface area contributed by atoms with E-state index < -0.39 is 5.97 Å². The fourth-order valence-corrected chi connectivity index (χ4v) is 3.53. The number of halogens is 1. The summed E-state index contributed by atoms with van der Waals surface area (Å²) in [5.74, 6) is -0.833. The molecule has 2 aromatic carbocycles. The van der Waals surface area contributed by atoms with Crippen LogP contribution >= 0.6 is 22.9 Å². The molecule has 0 amide bonds. The van der Waals surface area contributed by atoms with Crippen molar-refractivity contribution in [1.82, 2.24) is 4.98 Å². The number of anilines is 1. The van der Waals surface area contributed by atoms with Crippen LogP contribution in [0.2, 0.25) is 5.02 Å². The number of aromatic nitrogens is 1. The Morgan fingerprint density at radius 1 is 1.20 bits per heavy atom. The Kier molecular flexibility index (Phi) is 13.1. The van der Waals surface area contributed by atoms with Crippen LogP contribution in [0.1, 0.15) is 25.5 Å². The number of piperidine rings is 1. The number of aryl methyl sites for hydroxylation is 1. The normalized spacial score (nSPS) is 12.4. The van der Waals surface area contributed by atoms with Gasteiger partial charge in [0.25, 0.3) is 5.97 Å². The van der Waals surface area contributed by atoms with E-state index in [0.29, 0.717) is 0 Å². The second kappa shape index (κ2) is 14.7. The van der Waals surface area contributed by atoms with E-state index in [1.165, 1.54) is 36.4 Å². The van der Waals surface area contributed by atoms with Crippen LogP contribution in [0, 0.1) is 18.7 Å². The molecule has 1 aromatic heterocycles. The second-order valence-corrected chi connectivity index (χ2v) is 7.68. The van der Waals surface area contributed by atoms with Gasteiger partial charge in [-0.1, -0.05) is 59.6 Å². The van der Waals surface area contributed by atoms with Gasteiger partial charge < -0.3 is 32.7 Å². The topological polar surface area (TPSA) is 53.4 Å². The first-order valence-corrected chi connectivity index (χ1v) is 10.6. The molecule has 1 N–H and O–H groups in total. The molecule has 0 saturated carbocycles. The van der Waals surface area contributed by atoms with Crippen molar-refractivity contribution in [2.24, 2.45) is 0 Å². The van der Waals surface area contributed by atoms with Gasteiger partial charge in [0.2, 0.25) is 0 Å². The van der Waals surface area contributed by atoms with Gasteiger partial charge in [-0.3, -0.25) is 4.79 Å². The van der Waals surface area contributed by atoms with E-state index in [-0.39, 0.29) is 32.7 Å². The van der Waals surface area contributed by atoms with E-state index in [4.69, 9.17) is 21.5 Å². The molecule has 30 heavy (non-hydrogen) atoms. The Morgan fingerprint density at radius 3 is 2.33 bits per heavy atom. The standard InChI is InChI=1S/C11H14N.C10H7ClNS.C2H4O2.Y/c1-3-7-11(8-4-1)12-9-5-2-6-10-12;1-7-6-13-10(12-7)8-2-4-9(11)5-3-8;1-2(3)4;/h1,3-5,7-8H,2,6,9-10H2;2-5H,1H3;1H3,(H,3,4);/q2*-1;;. The summed E-state index contributed by atoms with van der Waals surface area (Å²) in [4.78, 5) is 15.8. The van der Waals surface area contributed by atoms with Crippen molar-refractivity contribution in [2.45, 2.75) is 26.7 Å². The molecule has 1 saturated heterocycles. The van der Waals surface area contributed by atoms with Crippen LogP contribution in [0.3, 0.4) is 0 Å². The smallest absolute Gasteiger partial charge is 0.300 e. The number of carboxylic acids is 1. The van der Waals surface area contributed by atoms with Crippen molar-refractivity contribution in [3.05, 3.63) is 77.1 Å². The summed E-state index contributed by atoms with van der Waals surface area (Å²) in [6.45, 7) is 5.35. The van der Waals surface area contributed by atoms with Crippen LogP contribution in [0.15, 0.2) is 54.6 Å². The average molecular weight is 518 g/mol. The van der Waals surface area contributed by atoms with E-state index in [1.54, 1.807) is 0 Å². The third-order valence-electron chi connectivity index (χ3n) is 3.96. The molecule has 1 fully saturated rings. The van der Waals surface area contributed by atoms with Gasteiger partial charge in [-0.05, 0) is 36.2 Å². The summed E-state index contributed by atoms with van der Waals surface area (Å²) in [6, 6.07) is 18.3. The molecule has 4 nitrogen and oxygen atoms in total. The monoisotopic (exact) mass is 517 g/mol. The van der Waals surface area contributed by atoms with E-state index in [0.717, 1.165) is 34.8 Å². The SMILES string of the molecule is CC(=O)O.Cc1[c-]sc(-c2ccc(Cl)cc2)n1.[Y].c1ccc(N2C[CH-]CCC2)cc1. The molecule has 157 valence electrons. The molecular weight excluding hydrogens is 493 g/mol. The molecule has 0 atom stereocenters. The number of hydrogen-bond donors (Lipinski definition) is 1. The predicted molar refractivity (Wildman–Crippen MR) is 122 cm³/mol. The summed E-state index contributed by atoms with van der Waals surface area (Å²) < 4.78 is 0. The Labute approximate surface area is 213 Å². The number of carbonyl (C=O) groups is 1. The average Bonchev–Trinajstić information content (AvgIpc) is 3.16. The summed E-state index contributed by atoms with van der Waals surface area (Å²) >= 11 is 7.31. The Hall–Kier alpha value is -1.27. The summed E-state index contributed by atoms with van der Waals surface area (Å²) in [5, 5.41) is 12.2. The first kappa shape index (κ1) is 26.8. The van der Waals surface area contributed by atoms with Crippen LogP contribution in [0.5, 0.6) is 0 Å². The molecule has 4 rings (SSSR count). The summed E-state index contributed by atoms with van der Waals surface area (Å²) in [6.07, 6.45) is 4.94. The van der Waals surface area contributed by atoms with Crippen LogP contribution in [0.4, 0.5) is 5.69 Å². The molecular formula is C23H25ClN2O2SY-2. The number of aliphatic carboxylic acids is 1. The van der Waals surface area contributed by atoms with Crippen molar-refractivity contribution < 1.29 is 42.6 Å². The van der Waals surface area contributed by atoms with Gasteiger partial charge in [0, 0.05) is 56.9 Å². The van der Waals surface area contributed by atoms with Crippen LogP contribution in [-0.2, 0) is 37.5 Å². The largest absolute Gasteiger partial charge is 0.481 e. The van der Waals surface area contributed by atoms with Crippen molar-refractivity contribution in [2.75, 3.05) is 18.0 Å². The van der Waals surface area contributed by atoms with Gasteiger partial charge in [0.1, 0.15) is 0 Å². The van der Waals surface area contributed by atoms with Crippen molar-refractivity contribution in [3.8, 4) is 10.6 Å². The van der Waals surface area contributed by atoms with Crippen molar-refractivity contribution in [1.29, 1.82) is 0 Å². The van der Waals surface area contributed by atoms with Gasteiger partial charge in [0.05, 0.1) is 0 Å². The van der Waals surface area contributed by atoms with Crippen LogP contribution in [-0.4, -0.2) is 29.1 Å². The number of benzene rings is 2. The number of rotatable bonds is 2. The molecule has 0 unspecified atom stereocenters. The van der Waals surface area contributed by atoms with Crippen molar-refractivity contribution >= 4 is 34.6 Å². The predicted octanol–water partition coefficient (Wildman–Crippen LogP) is 6.15. The minimum atomic E-state index is -0.833. The van der Waals surface area contributed by atoms with Gasteiger partial charge in [-0.2, -0.15) is 11.8 Å². The summed E-state index contributed by atoms with van der Waals surface area (Å²) in [5.41, 5.74) is 3.39. The van der Waals surface area contributed by atoms with Crippen LogP contribution in [0.25, 0.3) is 10.6 Å². The van der Waals surface area contributed by atoms with Gasteiger partial charge >= 0.3 is 0 Å². The maximum Gasteiger partial charge on any atom is 0.300 e. The fraction of sp³-hybridized carbons (Fsp3) is 0.261. The van der Waals surface area contributed by atoms with Gasteiger partial charge in [-0.15, -0.1) is 6.54 Å². The maximum atomic E-state index is 9.00. The molecule has 1 aliphatic rings. The third kappa shape index (κ3) is 10.2. The number of para-hydroxylation sites is 1. The van der Waals surface area contributed by atoms with E-state index in [2.05, 4.69) is 52.0 Å². The quantitative estimate of drug-likeness (QED) is 0.414. The minimum Gasteiger partial charge on any atom is -0.481 e. The molecule has 3 aromatic rings. The molecule has 1 radical (unpaired) electrons. The van der Waals surface area contributed by atoms with E-state index >= 15 is 0 Å². The van der Waals surface area contributed by atoms with Gasteiger partial charge in [0.15, 0.2) is 0 Å². The molecule has 0 spiro atoms. The number of nitrogens with zero attached hydrogens (tertiary/aromatic N) is 2. The second-order valence-electron chi connectivity index (χ2n) is 6.44. The fourth-order valence-electron chi connectivity index (χ4n) is 2.67. The maximum absolute atomic E-state index is 9.00. The third-order valence-corrected chi connectivity index (χ3v) is 5.13. The molecule has 0 aliphatic carbocycles. The molecule has 0 bridgehead atoms. The number of thiazole rings is 1. The summed E-state index contributed by atoms with van der Waals surface area (Å²) in [7, 11) is 0. The zero-order chi connectivity index (χ0) is 21.1. The van der Waals surface area contributed by atoms with E-state index in [9.17, 15) is 0 Å². The number of hydrogen-bond acceptors (Lipinski definition) is 4. The molecule has 2 heterocycles. The minimum absolute atomic E-state index is 0. The van der Waals surface area contributed by atoms with E-state index in [1.807, 2.05) is 31.2 Å². The molecule has 7 heteroatoms. The van der Waals surface area contributed by atoms with Crippen molar-refractivity contribution in [3.63, 3.8) is 0 Å². The zero-order valence-electron chi connectivity index (χ0n) is 17.2.